The number of halogens is 1. The molecular weight excluding hydrogens is 366 g/mol. The van der Waals surface area contributed by atoms with Gasteiger partial charge in [0.05, 0.1) is 11.6 Å². The lowest BCUT2D eigenvalue weighted by Crippen LogP contribution is -2.24. The first-order valence-corrected chi connectivity index (χ1v) is 9.11. The molecule has 1 atom stereocenters. The van der Waals surface area contributed by atoms with Gasteiger partial charge in [-0.25, -0.2) is 0 Å². The molecule has 0 aliphatic carbocycles. The Kier molecular flexibility index (Phi) is 7.13. The van der Waals surface area contributed by atoms with Crippen LogP contribution in [0.1, 0.15) is 37.0 Å². The van der Waals surface area contributed by atoms with E-state index >= 15 is 0 Å². The molecule has 0 unspecified atom stereocenters. The molecule has 3 nitrogen and oxygen atoms in total. The number of hydrogen-bond donors (Lipinski definition) is 1. The van der Waals surface area contributed by atoms with Gasteiger partial charge in [0.1, 0.15) is 6.61 Å². The normalized spacial score (nSPS) is 12.0. The van der Waals surface area contributed by atoms with Crippen molar-refractivity contribution in [2.24, 2.45) is 0 Å². The van der Waals surface area contributed by atoms with Crippen LogP contribution in [-0.4, -0.2) is 13.2 Å². The summed E-state index contributed by atoms with van der Waals surface area (Å²) in [5.74, 6) is 1.49. The van der Waals surface area contributed by atoms with Crippen LogP contribution in [0.15, 0.2) is 40.9 Å². The largest absolute Gasteiger partial charge is 0.493 e. The van der Waals surface area contributed by atoms with Crippen molar-refractivity contribution in [3.8, 4) is 11.5 Å². The topological polar surface area (TPSA) is 30.5 Å². The second-order valence-corrected chi connectivity index (χ2v) is 6.93. The first kappa shape index (κ1) is 18.8. The van der Waals surface area contributed by atoms with Crippen LogP contribution in [-0.2, 0) is 13.2 Å². The quantitative estimate of drug-likeness (QED) is 0.667. The van der Waals surface area contributed by atoms with Gasteiger partial charge in [-0.15, -0.1) is 0 Å². The van der Waals surface area contributed by atoms with Gasteiger partial charge >= 0.3 is 0 Å². The lowest BCUT2D eigenvalue weighted by atomic mass is 10.1. The maximum absolute atomic E-state index is 6.01. The molecule has 4 heteroatoms. The predicted octanol–water partition coefficient (Wildman–Crippen LogP) is 5.23. The molecule has 2 aromatic rings. The van der Waals surface area contributed by atoms with E-state index in [1.54, 1.807) is 7.11 Å². The second kappa shape index (κ2) is 9.09. The van der Waals surface area contributed by atoms with Crippen molar-refractivity contribution in [2.45, 2.75) is 46.4 Å². The first-order valence-electron chi connectivity index (χ1n) is 8.31. The third-order valence-electron chi connectivity index (χ3n) is 4.02. The fourth-order valence-electron chi connectivity index (χ4n) is 2.41. The van der Waals surface area contributed by atoms with Gasteiger partial charge in [0, 0.05) is 12.6 Å². The van der Waals surface area contributed by atoms with Crippen LogP contribution in [0.5, 0.6) is 11.5 Å². The number of nitrogens with one attached hydrogen (secondary N) is 1. The fraction of sp³-hybridized carbons (Fsp3) is 0.400. The van der Waals surface area contributed by atoms with Gasteiger partial charge in [-0.1, -0.05) is 36.8 Å². The SMILES string of the molecule is CC[C@H](C)NCc1cc(Br)c(OCc2cccc(C)c2)c(OC)c1. The summed E-state index contributed by atoms with van der Waals surface area (Å²) >= 11 is 3.62. The number of aryl methyl sites for hydroxylation is 1. The Balaban J connectivity index is 2.11. The van der Waals surface area contributed by atoms with E-state index in [-0.39, 0.29) is 0 Å². The van der Waals surface area contributed by atoms with Gasteiger partial charge < -0.3 is 14.8 Å². The maximum atomic E-state index is 6.01. The van der Waals surface area contributed by atoms with Crippen molar-refractivity contribution in [1.82, 2.24) is 5.32 Å². The Hall–Kier alpha value is -1.52. The number of hydrogen-bond acceptors (Lipinski definition) is 3. The van der Waals surface area contributed by atoms with E-state index in [4.69, 9.17) is 9.47 Å². The summed E-state index contributed by atoms with van der Waals surface area (Å²) in [5.41, 5.74) is 3.54. The average molecular weight is 392 g/mol. The summed E-state index contributed by atoms with van der Waals surface area (Å²) in [4.78, 5) is 0. The number of rotatable bonds is 8. The highest BCUT2D eigenvalue weighted by Crippen LogP contribution is 2.37. The van der Waals surface area contributed by atoms with Crippen LogP contribution >= 0.6 is 15.9 Å². The van der Waals surface area contributed by atoms with Crippen LogP contribution in [0.25, 0.3) is 0 Å². The second-order valence-electron chi connectivity index (χ2n) is 6.08. The smallest absolute Gasteiger partial charge is 0.175 e. The zero-order valence-corrected chi connectivity index (χ0v) is 16.4. The molecule has 130 valence electrons. The standard InChI is InChI=1S/C20H26BrNO2/c1-5-15(3)22-12-17-10-18(21)20(19(11-17)23-4)24-13-16-8-6-7-14(2)9-16/h6-11,15,22H,5,12-13H2,1-4H3/t15-/m0/s1. The number of benzene rings is 2. The molecule has 2 aromatic carbocycles. The van der Waals surface area contributed by atoms with E-state index in [2.05, 4.69) is 66.3 Å². The molecular formula is C20H26BrNO2. The van der Waals surface area contributed by atoms with Crippen molar-refractivity contribution in [1.29, 1.82) is 0 Å². The molecule has 0 aliphatic rings. The third-order valence-corrected chi connectivity index (χ3v) is 4.61. The van der Waals surface area contributed by atoms with Crippen LogP contribution in [0.2, 0.25) is 0 Å². The molecule has 0 bridgehead atoms. The average Bonchev–Trinajstić information content (AvgIpc) is 2.58. The van der Waals surface area contributed by atoms with Gasteiger partial charge in [0.2, 0.25) is 0 Å². The van der Waals surface area contributed by atoms with E-state index in [1.807, 2.05) is 12.1 Å². The van der Waals surface area contributed by atoms with Gasteiger partial charge in [0.25, 0.3) is 0 Å². The minimum atomic E-state index is 0.493. The molecule has 0 saturated carbocycles. The molecule has 0 aliphatic heterocycles. The van der Waals surface area contributed by atoms with Crippen molar-refractivity contribution in [2.75, 3.05) is 7.11 Å². The van der Waals surface area contributed by atoms with Gasteiger partial charge in [0.15, 0.2) is 11.5 Å². The Morgan fingerprint density at radius 2 is 1.96 bits per heavy atom. The number of methoxy groups -OCH3 is 1. The highest BCUT2D eigenvalue weighted by Gasteiger charge is 2.12. The molecule has 24 heavy (non-hydrogen) atoms. The zero-order valence-electron chi connectivity index (χ0n) is 14.9. The van der Waals surface area contributed by atoms with Gasteiger partial charge in [-0.3, -0.25) is 0 Å². The highest BCUT2D eigenvalue weighted by atomic mass is 79.9. The van der Waals surface area contributed by atoms with Crippen LogP contribution in [0.3, 0.4) is 0 Å². The van der Waals surface area contributed by atoms with Crippen molar-refractivity contribution in [3.05, 3.63) is 57.6 Å². The van der Waals surface area contributed by atoms with Gasteiger partial charge in [-0.05, 0) is 59.5 Å². The molecule has 2 rings (SSSR count). The van der Waals surface area contributed by atoms with E-state index < -0.39 is 0 Å². The van der Waals surface area contributed by atoms with Crippen LogP contribution in [0, 0.1) is 6.92 Å². The monoisotopic (exact) mass is 391 g/mol. The predicted molar refractivity (Wildman–Crippen MR) is 103 cm³/mol. The molecule has 0 amide bonds. The molecule has 0 saturated heterocycles. The Labute approximate surface area is 153 Å². The van der Waals surface area contributed by atoms with E-state index in [1.165, 1.54) is 11.1 Å². The summed E-state index contributed by atoms with van der Waals surface area (Å²) < 4.78 is 12.5. The zero-order chi connectivity index (χ0) is 17.5. The summed E-state index contributed by atoms with van der Waals surface area (Å²) in [6.45, 7) is 7.77. The molecule has 0 heterocycles. The Morgan fingerprint density at radius 1 is 1.17 bits per heavy atom. The first-order chi connectivity index (χ1) is 11.5. The van der Waals surface area contributed by atoms with Gasteiger partial charge in [-0.2, -0.15) is 0 Å². The number of ether oxygens (including phenoxy) is 2. The minimum absolute atomic E-state index is 0.493. The summed E-state index contributed by atoms with van der Waals surface area (Å²) in [7, 11) is 1.67. The van der Waals surface area contributed by atoms with E-state index in [0.717, 1.165) is 34.5 Å². The molecule has 0 fully saturated rings. The fourth-order valence-corrected chi connectivity index (χ4v) is 3.01. The van der Waals surface area contributed by atoms with Crippen LogP contribution < -0.4 is 14.8 Å². The molecule has 0 radical (unpaired) electrons. The van der Waals surface area contributed by atoms with Crippen LogP contribution in [0.4, 0.5) is 0 Å². The summed E-state index contributed by atoms with van der Waals surface area (Å²) in [6.07, 6.45) is 1.11. The van der Waals surface area contributed by atoms with E-state index in [9.17, 15) is 0 Å². The summed E-state index contributed by atoms with van der Waals surface area (Å²) in [5, 5.41) is 3.49. The lowest BCUT2D eigenvalue weighted by Gasteiger charge is -2.16. The third kappa shape index (κ3) is 5.25. The molecule has 0 aromatic heterocycles. The Bertz CT molecular complexity index is 673. The van der Waals surface area contributed by atoms with Crippen molar-refractivity contribution < 1.29 is 9.47 Å². The van der Waals surface area contributed by atoms with E-state index in [0.29, 0.717) is 12.6 Å². The highest BCUT2D eigenvalue weighted by molar-refractivity contribution is 9.10. The molecule has 0 spiro atoms. The van der Waals surface area contributed by atoms with Crippen molar-refractivity contribution >= 4 is 15.9 Å². The Morgan fingerprint density at radius 3 is 2.62 bits per heavy atom. The molecule has 1 N–H and O–H groups in total. The minimum Gasteiger partial charge on any atom is -0.493 e. The lowest BCUT2D eigenvalue weighted by molar-refractivity contribution is 0.282. The maximum Gasteiger partial charge on any atom is 0.175 e. The summed E-state index contributed by atoms with van der Waals surface area (Å²) in [6, 6.07) is 12.9. The van der Waals surface area contributed by atoms with Crippen molar-refractivity contribution in [3.63, 3.8) is 0 Å².